The lowest BCUT2D eigenvalue weighted by molar-refractivity contribution is 0.0731. The maximum Gasteiger partial charge on any atom is 0.257 e. The fourth-order valence-electron chi connectivity index (χ4n) is 3.37. The van der Waals surface area contributed by atoms with E-state index < -0.39 is 5.91 Å². The number of carbonyl (C=O) groups is 2. The predicted octanol–water partition coefficient (Wildman–Crippen LogP) is 0.951. The van der Waals surface area contributed by atoms with Gasteiger partial charge in [-0.2, -0.15) is 5.10 Å². The Bertz CT molecular complexity index is 1150. The standard InChI is InChI=1S/C20H20N6O3/c1-2-26-10-14(9-22-26)20(29)25-8-7-15-16(11-25)23-18(24-19(15)28)13-5-3-12(4-6-13)17(21)27/h3-6,9-10H,2,7-8,11H2,1H3,(H2,21,27)(H,23,24,28). The van der Waals surface area contributed by atoms with Crippen LogP contribution in [0, 0.1) is 0 Å². The summed E-state index contributed by atoms with van der Waals surface area (Å²) in [5.74, 6) is -0.272. The number of benzene rings is 1. The molecule has 9 heteroatoms. The predicted molar refractivity (Wildman–Crippen MR) is 105 cm³/mol. The van der Waals surface area contributed by atoms with Crippen molar-refractivity contribution in [2.24, 2.45) is 5.73 Å². The SMILES string of the molecule is CCn1cc(C(=O)N2CCc3c(nc(-c4ccc(C(N)=O)cc4)[nH]c3=O)C2)cn1. The molecule has 0 spiro atoms. The van der Waals surface area contributed by atoms with E-state index in [9.17, 15) is 14.4 Å². The molecule has 0 fully saturated rings. The maximum atomic E-state index is 12.8. The molecule has 148 valence electrons. The first-order chi connectivity index (χ1) is 14.0. The van der Waals surface area contributed by atoms with E-state index in [1.807, 2.05) is 6.92 Å². The van der Waals surface area contributed by atoms with Crippen LogP contribution >= 0.6 is 0 Å². The molecule has 3 heterocycles. The van der Waals surface area contributed by atoms with Gasteiger partial charge in [-0.15, -0.1) is 0 Å². The number of primary amides is 1. The minimum Gasteiger partial charge on any atom is -0.366 e. The highest BCUT2D eigenvalue weighted by molar-refractivity contribution is 5.94. The van der Waals surface area contributed by atoms with E-state index in [4.69, 9.17) is 5.73 Å². The summed E-state index contributed by atoms with van der Waals surface area (Å²) in [6.45, 7) is 3.33. The molecule has 4 rings (SSSR count). The molecule has 0 radical (unpaired) electrons. The van der Waals surface area contributed by atoms with Crippen LogP contribution in [0.15, 0.2) is 41.5 Å². The van der Waals surface area contributed by atoms with Crippen LogP contribution in [0.1, 0.15) is 38.9 Å². The number of nitrogens with one attached hydrogen (secondary N) is 1. The maximum absolute atomic E-state index is 12.8. The van der Waals surface area contributed by atoms with Crippen LogP contribution in [0.3, 0.4) is 0 Å². The number of aromatic nitrogens is 4. The summed E-state index contributed by atoms with van der Waals surface area (Å²) >= 11 is 0. The van der Waals surface area contributed by atoms with E-state index in [1.54, 1.807) is 46.2 Å². The van der Waals surface area contributed by atoms with Crippen molar-refractivity contribution in [2.45, 2.75) is 26.4 Å². The van der Waals surface area contributed by atoms with Crippen LogP contribution in [0.2, 0.25) is 0 Å². The van der Waals surface area contributed by atoms with Crippen molar-refractivity contribution in [3.05, 3.63) is 69.4 Å². The largest absolute Gasteiger partial charge is 0.366 e. The molecule has 2 amide bonds. The van der Waals surface area contributed by atoms with Gasteiger partial charge in [-0.1, -0.05) is 12.1 Å². The molecule has 0 aliphatic carbocycles. The lowest BCUT2D eigenvalue weighted by atomic mass is 10.0. The average Bonchev–Trinajstić information content (AvgIpc) is 3.22. The van der Waals surface area contributed by atoms with Crippen LogP contribution in [-0.2, 0) is 19.5 Å². The van der Waals surface area contributed by atoms with Gasteiger partial charge >= 0.3 is 0 Å². The zero-order chi connectivity index (χ0) is 20.5. The van der Waals surface area contributed by atoms with Crippen molar-refractivity contribution in [1.82, 2.24) is 24.6 Å². The molecule has 3 aromatic rings. The molecule has 0 bridgehead atoms. The summed E-state index contributed by atoms with van der Waals surface area (Å²) in [6.07, 6.45) is 3.71. The molecule has 2 aromatic heterocycles. The van der Waals surface area contributed by atoms with Gasteiger partial charge in [0.2, 0.25) is 5.91 Å². The van der Waals surface area contributed by atoms with E-state index in [2.05, 4.69) is 15.1 Å². The highest BCUT2D eigenvalue weighted by atomic mass is 16.2. The third kappa shape index (κ3) is 3.54. The summed E-state index contributed by atoms with van der Waals surface area (Å²) in [6, 6.07) is 6.52. The van der Waals surface area contributed by atoms with Crippen LogP contribution in [0.25, 0.3) is 11.4 Å². The van der Waals surface area contributed by atoms with Crippen LogP contribution in [-0.4, -0.2) is 43.0 Å². The third-order valence-electron chi connectivity index (χ3n) is 5.01. The number of hydrogen-bond donors (Lipinski definition) is 2. The van der Waals surface area contributed by atoms with Crippen molar-refractivity contribution >= 4 is 11.8 Å². The molecule has 29 heavy (non-hydrogen) atoms. The minimum atomic E-state index is -0.524. The lowest BCUT2D eigenvalue weighted by Gasteiger charge is -2.27. The number of nitrogens with two attached hydrogens (primary N) is 1. The fraction of sp³-hybridized carbons (Fsp3) is 0.250. The Labute approximate surface area is 166 Å². The van der Waals surface area contributed by atoms with Crippen LogP contribution in [0.5, 0.6) is 0 Å². The Morgan fingerprint density at radius 2 is 1.97 bits per heavy atom. The van der Waals surface area contributed by atoms with Gasteiger partial charge in [-0.25, -0.2) is 4.98 Å². The van der Waals surface area contributed by atoms with Gasteiger partial charge in [0, 0.05) is 36.0 Å². The van der Waals surface area contributed by atoms with Crippen LogP contribution < -0.4 is 11.3 Å². The first-order valence-electron chi connectivity index (χ1n) is 9.30. The van der Waals surface area contributed by atoms with Crippen molar-refractivity contribution in [3.8, 4) is 11.4 Å². The van der Waals surface area contributed by atoms with E-state index in [0.29, 0.717) is 53.3 Å². The molecule has 1 aliphatic heterocycles. The molecule has 1 aliphatic rings. The van der Waals surface area contributed by atoms with Crippen molar-refractivity contribution in [3.63, 3.8) is 0 Å². The molecule has 9 nitrogen and oxygen atoms in total. The Hall–Kier alpha value is -3.75. The third-order valence-corrected chi connectivity index (χ3v) is 5.01. The summed E-state index contributed by atoms with van der Waals surface area (Å²) in [5.41, 5.74) is 7.76. The number of hydrogen-bond acceptors (Lipinski definition) is 5. The normalized spacial score (nSPS) is 13.2. The summed E-state index contributed by atoms with van der Waals surface area (Å²) < 4.78 is 1.70. The summed E-state index contributed by atoms with van der Waals surface area (Å²) in [7, 11) is 0. The second kappa shape index (κ2) is 7.34. The van der Waals surface area contributed by atoms with Crippen LogP contribution in [0.4, 0.5) is 0 Å². The molecule has 0 unspecified atom stereocenters. The molecular formula is C20H20N6O3. The number of rotatable bonds is 4. The van der Waals surface area contributed by atoms with Gasteiger partial charge < -0.3 is 15.6 Å². The number of aromatic amines is 1. The van der Waals surface area contributed by atoms with Crippen molar-refractivity contribution in [2.75, 3.05) is 6.54 Å². The average molecular weight is 392 g/mol. The summed E-state index contributed by atoms with van der Waals surface area (Å²) in [5, 5.41) is 4.15. The zero-order valence-corrected chi connectivity index (χ0v) is 15.9. The number of amides is 2. The fourth-order valence-corrected chi connectivity index (χ4v) is 3.37. The van der Waals surface area contributed by atoms with Gasteiger partial charge in [0.1, 0.15) is 5.82 Å². The van der Waals surface area contributed by atoms with Gasteiger partial charge in [0.25, 0.3) is 11.5 Å². The van der Waals surface area contributed by atoms with E-state index in [1.165, 1.54) is 0 Å². The topological polar surface area (TPSA) is 127 Å². The van der Waals surface area contributed by atoms with E-state index in [-0.39, 0.29) is 18.0 Å². The minimum absolute atomic E-state index is 0.134. The Morgan fingerprint density at radius 3 is 2.62 bits per heavy atom. The molecular weight excluding hydrogens is 372 g/mol. The monoisotopic (exact) mass is 392 g/mol. The van der Waals surface area contributed by atoms with E-state index >= 15 is 0 Å². The Morgan fingerprint density at radius 1 is 1.21 bits per heavy atom. The van der Waals surface area contributed by atoms with Crippen molar-refractivity contribution < 1.29 is 9.59 Å². The number of aryl methyl sites for hydroxylation is 1. The first kappa shape index (κ1) is 18.6. The molecule has 0 saturated heterocycles. The molecule has 1 aromatic carbocycles. The Balaban J connectivity index is 1.62. The molecule has 0 saturated carbocycles. The number of carbonyl (C=O) groups excluding carboxylic acids is 2. The van der Waals surface area contributed by atoms with Gasteiger partial charge in [-0.3, -0.25) is 19.1 Å². The van der Waals surface area contributed by atoms with Gasteiger partial charge in [0.05, 0.1) is 24.0 Å². The first-order valence-corrected chi connectivity index (χ1v) is 9.30. The Kier molecular flexibility index (Phi) is 4.71. The highest BCUT2D eigenvalue weighted by Gasteiger charge is 2.26. The van der Waals surface area contributed by atoms with Crippen molar-refractivity contribution in [1.29, 1.82) is 0 Å². The second-order valence-corrected chi connectivity index (χ2v) is 6.84. The second-order valence-electron chi connectivity index (χ2n) is 6.84. The van der Waals surface area contributed by atoms with E-state index in [0.717, 1.165) is 0 Å². The number of H-pyrrole nitrogens is 1. The molecule has 0 atom stereocenters. The number of nitrogens with zero attached hydrogens (tertiary/aromatic N) is 4. The lowest BCUT2D eigenvalue weighted by Crippen LogP contribution is -2.39. The zero-order valence-electron chi connectivity index (χ0n) is 15.9. The highest BCUT2D eigenvalue weighted by Crippen LogP contribution is 2.20. The number of fused-ring (bicyclic) bond motifs is 1. The molecule has 3 N–H and O–H groups in total. The summed E-state index contributed by atoms with van der Waals surface area (Å²) in [4.78, 5) is 45.6. The smallest absolute Gasteiger partial charge is 0.257 e. The quantitative estimate of drug-likeness (QED) is 0.683. The van der Waals surface area contributed by atoms with Gasteiger partial charge in [0.15, 0.2) is 0 Å². The van der Waals surface area contributed by atoms with Gasteiger partial charge in [-0.05, 0) is 25.5 Å².